The minimum Gasteiger partial charge on any atom is -0.504 e. The third kappa shape index (κ3) is 1.77. The Hall–Kier alpha value is -1.58. The predicted molar refractivity (Wildman–Crippen MR) is 67.9 cm³/mol. The van der Waals surface area contributed by atoms with Crippen molar-refractivity contribution in [3.63, 3.8) is 0 Å². The molecule has 3 N–H and O–H groups in total. The first-order valence-electron chi connectivity index (χ1n) is 6.32. The van der Waals surface area contributed by atoms with Gasteiger partial charge in [0, 0.05) is 31.3 Å². The first-order chi connectivity index (χ1) is 8.25. The second kappa shape index (κ2) is 4.02. The molecule has 1 atom stereocenters. The molecule has 1 fully saturated rings. The van der Waals surface area contributed by atoms with E-state index in [4.69, 9.17) is 0 Å². The maximum Gasteiger partial charge on any atom is 0.159 e. The SMILES string of the molecule is Oc1cc2c(cc1O)N1CCCCC1CCN2. The maximum atomic E-state index is 9.65. The van der Waals surface area contributed by atoms with Crippen molar-refractivity contribution in [2.24, 2.45) is 0 Å². The van der Waals surface area contributed by atoms with Crippen molar-refractivity contribution in [2.45, 2.75) is 31.7 Å². The molecule has 1 aromatic carbocycles. The molecular weight excluding hydrogens is 216 g/mol. The average molecular weight is 234 g/mol. The summed E-state index contributed by atoms with van der Waals surface area (Å²) in [5, 5.41) is 22.5. The molecule has 1 saturated heterocycles. The number of anilines is 2. The van der Waals surface area contributed by atoms with Gasteiger partial charge in [-0.25, -0.2) is 0 Å². The topological polar surface area (TPSA) is 55.7 Å². The summed E-state index contributed by atoms with van der Waals surface area (Å²) in [5.74, 6) is -0.0801. The van der Waals surface area contributed by atoms with Crippen LogP contribution in [0.15, 0.2) is 12.1 Å². The van der Waals surface area contributed by atoms with Crippen molar-refractivity contribution < 1.29 is 10.2 Å². The minimum absolute atomic E-state index is 0.0308. The Kier molecular flexibility index (Phi) is 2.50. The minimum atomic E-state index is -0.0493. The summed E-state index contributed by atoms with van der Waals surface area (Å²) in [5.41, 5.74) is 1.97. The van der Waals surface area contributed by atoms with Crippen molar-refractivity contribution in [1.29, 1.82) is 0 Å². The van der Waals surface area contributed by atoms with Gasteiger partial charge >= 0.3 is 0 Å². The molecule has 4 heteroatoms. The molecule has 17 heavy (non-hydrogen) atoms. The second-order valence-electron chi connectivity index (χ2n) is 4.92. The van der Waals surface area contributed by atoms with Crippen LogP contribution in [-0.4, -0.2) is 29.3 Å². The lowest BCUT2D eigenvalue weighted by Crippen LogP contribution is -2.39. The predicted octanol–water partition coefficient (Wildman–Crippen LogP) is 2.27. The average Bonchev–Trinajstić information content (AvgIpc) is 2.50. The summed E-state index contributed by atoms with van der Waals surface area (Å²) in [6.45, 7) is 1.97. The Bertz CT molecular complexity index is 434. The monoisotopic (exact) mass is 234 g/mol. The van der Waals surface area contributed by atoms with Gasteiger partial charge in [-0.3, -0.25) is 0 Å². The molecule has 0 amide bonds. The van der Waals surface area contributed by atoms with E-state index in [0.717, 1.165) is 30.9 Å². The van der Waals surface area contributed by atoms with E-state index in [1.807, 2.05) is 0 Å². The fourth-order valence-corrected chi connectivity index (χ4v) is 2.94. The number of aromatic hydroxyl groups is 2. The molecule has 0 aliphatic carbocycles. The molecule has 0 bridgehead atoms. The first-order valence-corrected chi connectivity index (χ1v) is 6.32. The highest BCUT2D eigenvalue weighted by molar-refractivity contribution is 5.76. The van der Waals surface area contributed by atoms with Crippen molar-refractivity contribution in [2.75, 3.05) is 23.3 Å². The number of fused-ring (bicyclic) bond motifs is 3. The zero-order chi connectivity index (χ0) is 11.8. The van der Waals surface area contributed by atoms with Gasteiger partial charge in [0.15, 0.2) is 11.5 Å². The van der Waals surface area contributed by atoms with Crippen LogP contribution in [0.2, 0.25) is 0 Å². The van der Waals surface area contributed by atoms with E-state index in [1.165, 1.54) is 19.3 Å². The van der Waals surface area contributed by atoms with Crippen LogP contribution in [0.3, 0.4) is 0 Å². The molecule has 2 aliphatic rings. The maximum absolute atomic E-state index is 9.65. The van der Waals surface area contributed by atoms with Crippen LogP contribution in [0.25, 0.3) is 0 Å². The summed E-state index contributed by atoms with van der Waals surface area (Å²) >= 11 is 0. The molecule has 0 aromatic heterocycles. The highest BCUT2D eigenvalue weighted by atomic mass is 16.3. The summed E-state index contributed by atoms with van der Waals surface area (Å²) in [4.78, 5) is 2.37. The van der Waals surface area contributed by atoms with E-state index in [0.29, 0.717) is 6.04 Å². The largest absolute Gasteiger partial charge is 0.504 e. The molecule has 1 aromatic rings. The zero-order valence-electron chi connectivity index (χ0n) is 9.82. The number of phenolic OH excluding ortho intramolecular Hbond substituents is 2. The molecule has 1 unspecified atom stereocenters. The number of hydrogen-bond donors (Lipinski definition) is 3. The smallest absolute Gasteiger partial charge is 0.159 e. The van der Waals surface area contributed by atoms with Gasteiger partial charge in [0.2, 0.25) is 0 Å². The number of phenols is 2. The number of benzene rings is 1. The van der Waals surface area contributed by atoms with Gasteiger partial charge < -0.3 is 20.4 Å². The lowest BCUT2D eigenvalue weighted by Gasteiger charge is -2.36. The van der Waals surface area contributed by atoms with Crippen molar-refractivity contribution in [1.82, 2.24) is 0 Å². The molecule has 3 rings (SSSR count). The first kappa shape index (κ1) is 10.6. The highest BCUT2D eigenvalue weighted by Crippen LogP contribution is 2.41. The molecule has 92 valence electrons. The summed E-state index contributed by atoms with van der Waals surface area (Å²) in [7, 11) is 0. The number of nitrogens with zero attached hydrogens (tertiary/aromatic N) is 1. The van der Waals surface area contributed by atoms with Gasteiger partial charge in [-0.15, -0.1) is 0 Å². The Balaban J connectivity index is 2.05. The van der Waals surface area contributed by atoms with Crippen molar-refractivity contribution in [3.8, 4) is 11.5 Å². The van der Waals surface area contributed by atoms with Crippen LogP contribution in [-0.2, 0) is 0 Å². The van der Waals surface area contributed by atoms with Crippen molar-refractivity contribution in [3.05, 3.63) is 12.1 Å². The van der Waals surface area contributed by atoms with Crippen LogP contribution in [0.4, 0.5) is 11.4 Å². The fraction of sp³-hybridized carbons (Fsp3) is 0.538. The molecule has 4 nitrogen and oxygen atoms in total. The zero-order valence-corrected chi connectivity index (χ0v) is 9.82. The Morgan fingerprint density at radius 2 is 1.94 bits per heavy atom. The number of piperidine rings is 1. The van der Waals surface area contributed by atoms with E-state index in [1.54, 1.807) is 12.1 Å². The van der Waals surface area contributed by atoms with Crippen LogP contribution in [0.5, 0.6) is 11.5 Å². The molecule has 0 radical (unpaired) electrons. The number of nitrogens with one attached hydrogen (secondary N) is 1. The number of hydrogen-bond acceptors (Lipinski definition) is 4. The lowest BCUT2D eigenvalue weighted by atomic mass is 9.99. The van der Waals surface area contributed by atoms with E-state index >= 15 is 0 Å². The Labute approximate surface area is 101 Å². The standard InChI is InChI=1S/C13H18N2O2/c16-12-7-10-11(8-13(12)17)15-6-2-1-3-9(15)4-5-14-10/h7-9,14,16-17H,1-6H2. The van der Waals surface area contributed by atoms with Crippen LogP contribution >= 0.6 is 0 Å². The Morgan fingerprint density at radius 3 is 2.82 bits per heavy atom. The highest BCUT2D eigenvalue weighted by Gasteiger charge is 2.27. The van der Waals surface area contributed by atoms with Gasteiger partial charge in [0.05, 0.1) is 11.4 Å². The molecule has 2 heterocycles. The molecule has 2 aliphatic heterocycles. The fourth-order valence-electron chi connectivity index (χ4n) is 2.94. The van der Waals surface area contributed by atoms with Gasteiger partial charge in [-0.05, 0) is 25.7 Å². The van der Waals surface area contributed by atoms with Gasteiger partial charge in [-0.1, -0.05) is 0 Å². The van der Waals surface area contributed by atoms with Gasteiger partial charge in [0.1, 0.15) is 0 Å². The van der Waals surface area contributed by atoms with E-state index in [2.05, 4.69) is 10.2 Å². The van der Waals surface area contributed by atoms with Crippen LogP contribution in [0.1, 0.15) is 25.7 Å². The normalized spacial score (nSPS) is 23.3. The molecular formula is C13H18N2O2. The third-order valence-corrected chi connectivity index (χ3v) is 3.82. The van der Waals surface area contributed by atoms with E-state index in [9.17, 15) is 10.2 Å². The number of rotatable bonds is 0. The lowest BCUT2D eigenvalue weighted by molar-refractivity contribution is 0.403. The quantitative estimate of drug-likeness (QED) is 0.476. The summed E-state index contributed by atoms with van der Waals surface area (Å²) in [6, 6.07) is 3.88. The molecule has 0 saturated carbocycles. The Morgan fingerprint density at radius 1 is 1.12 bits per heavy atom. The van der Waals surface area contributed by atoms with E-state index in [-0.39, 0.29) is 11.5 Å². The summed E-state index contributed by atoms with van der Waals surface area (Å²) < 4.78 is 0. The third-order valence-electron chi connectivity index (χ3n) is 3.82. The van der Waals surface area contributed by atoms with Crippen LogP contribution in [0, 0.1) is 0 Å². The van der Waals surface area contributed by atoms with Gasteiger partial charge in [0.25, 0.3) is 0 Å². The van der Waals surface area contributed by atoms with Crippen molar-refractivity contribution >= 4 is 11.4 Å². The molecule has 0 spiro atoms. The van der Waals surface area contributed by atoms with Crippen LogP contribution < -0.4 is 10.2 Å². The second-order valence-corrected chi connectivity index (χ2v) is 4.92. The summed E-state index contributed by atoms with van der Waals surface area (Å²) in [6.07, 6.45) is 4.84. The van der Waals surface area contributed by atoms with E-state index < -0.39 is 0 Å². The van der Waals surface area contributed by atoms with Gasteiger partial charge in [-0.2, -0.15) is 0 Å².